The molecule has 2 unspecified atom stereocenters. The molecule has 1 aliphatic heterocycles. The van der Waals surface area contributed by atoms with Crippen LogP contribution in [0.3, 0.4) is 0 Å². The summed E-state index contributed by atoms with van der Waals surface area (Å²) in [5.74, 6) is 1.08. The zero-order chi connectivity index (χ0) is 26.3. The molecule has 2 aromatic rings. The molecule has 2 aromatic carbocycles. The molecule has 1 amide bonds. The van der Waals surface area contributed by atoms with Crippen molar-refractivity contribution in [3.8, 4) is 5.75 Å². The summed E-state index contributed by atoms with van der Waals surface area (Å²) in [5.41, 5.74) is 2.40. The highest BCUT2D eigenvalue weighted by molar-refractivity contribution is 5.76. The topological polar surface area (TPSA) is 58.6 Å². The predicted molar refractivity (Wildman–Crippen MR) is 150 cm³/mol. The van der Waals surface area contributed by atoms with Crippen molar-refractivity contribution < 1.29 is 19.1 Å². The van der Waals surface area contributed by atoms with Gasteiger partial charge in [-0.3, -0.25) is 4.79 Å². The number of ether oxygens (including phenoxy) is 1. The Bertz CT molecular complexity index is 1040. The standard InChI is InChI=1S/C32H44N2O3/c1-4-19-34(2)20-18-32(26-15-11-16-28(21-26)37-3)23-27(22-30(35)29(32)24-34)33-31(36)17-10-6-9-14-25-12-7-5-8-13-25/h4-5,7-8,11-13,15-16,21,27,29-30,35H,1,6,9-10,14,17-20,22-24H2,2-3H3/p+1/t27-,29?,30?,32+,34+/m1/s1. The van der Waals surface area contributed by atoms with Gasteiger partial charge in [0.2, 0.25) is 5.91 Å². The van der Waals surface area contributed by atoms with Gasteiger partial charge in [-0.15, -0.1) is 0 Å². The molecule has 1 heterocycles. The quantitative estimate of drug-likeness (QED) is 0.256. The van der Waals surface area contributed by atoms with Gasteiger partial charge in [-0.25, -0.2) is 0 Å². The number of piperidine rings is 1. The first-order valence-corrected chi connectivity index (χ1v) is 14.0. The molecule has 4 rings (SSSR count). The van der Waals surface area contributed by atoms with E-state index in [0.29, 0.717) is 12.8 Å². The van der Waals surface area contributed by atoms with Gasteiger partial charge < -0.3 is 19.6 Å². The van der Waals surface area contributed by atoms with Gasteiger partial charge in [0.1, 0.15) is 5.75 Å². The van der Waals surface area contributed by atoms with E-state index in [1.165, 1.54) is 11.1 Å². The van der Waals surface area contributed by atoms with Crippen molar-refractivity contribution in [1.82, 2.24) is 5.32 Å². The van der Waals surface area contributed by atoms with E-state index in [-0.39, 0.29) is 23.3 Å². The van der Waals surface area contributed by atoms with Crippen LogP contribution in [0.25, 0.3) is 0 Å². The number of likely N-dealkylation sites (N-methyl/N-ethyl adjacent to an activating group) is 1. The minimum Gasteiger partial charge on any atom is -0.497 e. The molecular formula is C32H45N2O3+. The predicted octanol–water partition coefficient (Wildman–Crippen LogP) is 5.03. The van der Waals surface area contributed by atoms with Crippen LogP contribution in [-0.2, 0) is 16.6 Å². The Morgan fingerprint density at radius 2 is 2.00 bits per heavy atom. The summed E-state index contributed by atoms with van der Waals surface area (Å²) in [6.07, 6.45) is 8.63. The largest absolute Gasteiger partial charge is 0.497 e. The number of aryl methyl sites for hydroxylation is 1. The molecule has 1 saturated heterocycles. The molecule has 1 saturated carbocycles. The van der Waals surface area contributed by atoms with Crippen molar-refractivity contribution in [3.05, 3.63) is 78.4 Å². The molecule has 200 valence electrons. The average molecular weight is 506 g/mol. The molecule has 0 aromatic heterocycles. The van der Waals surface area contributed by atoms with Crippen LogP contribution in [0.1, 0.15) is 56.1 Å². The highest BCUT2D eigenvalue weighted by atomic mass is 16.5. The van der Waals surface area contributed by atoms with Gasteiger partial charge in [0.15, 0.2) is 0 Å². The molecule has 5 atom stereocenters. The summed E-state index contributed by atoms with van der Waals surface area (Å²) in [5, 5.41) is 14.8. The first-order chi connectivity index (χ1) is 17.9. The van der Waals surface area contributed by atoms with Crippen LogP contribution in [0.4, 0.5) is 0 Å². The molecule has 2 N–H and O–H groups in total. The lowest BCUT2D eigenvalue weighted by atomic mass is 9.56. The summed E-state index contributed by atoms with van der Waals surface area (Å²) >= 11 is 0. The molecule has 0 bridgehead atoms. The van der Waals surface area contributed by atoms with Crippen LogP contribution in [0.2, 0.25) is 0 Å². The van der Waals surface area contributed by atoms with Crippen LogP contribution in [0.5, 0.6) is 5.75 Å². The molecule has 37 heavy (non-hydrogen) atoms. The molecule has 5 heteroatoms. The van der Waals surface area contributed by atoms with E-state index in [4.69, 9.17) is 4.74 Å². The summed E-state index contributed by atoms with van der Waals surface area (Å²) in [6.45, 7) is 6.81. The number of fused-ring (bicyclic) bond motifs is 1. The normalized spacial score (nSPS) is 29.2. The lowest BCUT2D eigenvalue weighted by Gasteiger charge is -2.56. The fourth-order valence-corrected chi connectivity index (χ4v) is 6.85. The number of hydrogen-bond acceptors (Lipinski definition) is 3. The number of quaternary nitrogens is 1. The number of rotatable bonds is 11. The molecular weight excluding hydrogens is 460 g/mol. The first-order valence-electron chi connectivity index (χ1n) is 14.0. The summed E-state index contributed by atoms with van der Waals surface area (Å²) in [7, 11) is 3.97. The number of methoxy groups -OCH3 is 1. The Hall–Kier alpha value is -2.63. The highest BCUT2D eigenvalue weighted by Gasteiger charge is 2.55. The van der Waals surface area contributed by atoms with Crippen molar-refractivity contribution in [2.24, 2.45) is 5.92 Å². The van der Waals surface area contributed by atoms with Gasteiger partial charge >= 0.3 is 0 Å². The van der Waals surface area contributed by atoms with Crippen molar-refractivity contribution >= 4 is 5.91 Å². The Labute approximate surface area is 223 Å². The maximum atomic E-state index is 12.9. The minimum atomic E-state index is -0.460. The monoisotopic (exact) mass is 505 g/mol. The number of unbranched alkanes of at least 4 members (excludes halogenated alkanes) is 2. The maximum absolute atomic E-state index is 12.9. The van der Waals surface area contributed by atoms with E-state index in [1.54, 1.807) is 7.11 Å². The number of benzene rings is 2. The van der Waals surface area contributed by atoms with E-state index in [0.717, 1.165) is 68.4 Å². The van der Waals surface area contributed by atoms with Gasteiger partial charge in [-0.05, 0) is 61.4 Å². The maximum Gasteiger partial charge on any atom is 0.220 e. The number of nitrogens with zero attached hydrogens (tertiary/aromatic N) is 1. The Balaban J connectivity index is 1.41. The number of hydrogen-bond donors (Lipinski definition) is 2. The van der Waals surface area contributed by atoms with Crippen LogP contribution >= 0.6 is 0 Å². The van der Waals surface area contributed by atoms with Crippen molar-refractivity contribution in [2.45, 2.75) is 68.9 Å². The summed E-state index contributed by atoms with van der Waals surface area (Å²) in [6, 6.07) is 18.9. The molecule has 0 radical (unpaired) electrons. The molecule has 0 spiro atoms. The summed E-state index contributed by atoms with van der Waals surface area (Å²) < 4.78 is 6.46. The van der Waals surface area contributed by atoms with Gasteiger partial charge in [0.05, 0.1) is 39.9 Å². The lowest BCUT2D eigenvalue weighted by molar-refractivity contribution is -0.914. The number of aliphatic hydroxyl groups excluding tert-OH is 1. The fraction of sp³-hybridized carbons (Fsp3) is 0.531. The highest BCUT2D eigenvalue weighted by Crippen LogP contribution is 2.50. The van der Waals surface area contributed by atoms with Crippen LogP contribution < -0.4 is 10.1 Å². The zero-order valence-electron chi connectivity index (χ0n) is 22.7. The SMILES string of the molecule is C=CC[N@@+]1(C)CC[C@@]2(c3cccc(OC)c3)C[C@H](NC(=O)CCCCCc3ccccc3)CC(O)C2C1. The third-order valence-corrected chi connectivity index (χ3v) is 8.84. The zero-order valence-corrected chi connectivity index (χ0v) is 22.7. The van der Waals surface area contributed by atoms with E-state index in [9.17, 15) is 9.90 Å². The number of amides is 1. The van der Waals surface area contributed by atoms with Crippen molar-refractivity contribution in [2.75, 3.05) is 33.8 Å². The van der Waals surface area contributed by atoms with Crippen LogP contribution in [0, 0.1) is 5.92 Å². The molecule has 1 aliphatic carbocycles. The van der Waals surface area contributed by atoms with Crippen molar-refractivity contribution in [1.29, 1.82) is 0 Å². The van der Waals surface area contributed by atoms with E-state index in [2.05, 4.69) is 61.4 Å². The number of likely N-dealkylation sites (tertiary alicyclic amines) is 1. The van der Waals surface area contributed by atoms with Gasteiger partial charge in [-0.2, -0.15) is 0 Å². The second kappa shape index (κ2) is 12.3. The minimum absolute atomic E-state index is 0.0227. The summed E-state index contributed by atoms with van der Waals surface area (Å²) in [4.78, 5) is 12.9. The Morgan fingerprint density at radius 1 is 1.19 bits per heavy atom. The number of carbonyl (C=O) groups excluding carboxylic acids is 1. The van der Waals surface area contributed by atoms with Gasteiger partial charge in [0, 0.05) is 30.2 Å². The third-order valence-electron chi connectivity index (χ3n) is 8.84. The average Bonchev–Trinajstić information content (AvgIpc) is 2.90. The molecule has 5 nitrogen and oxygen atoms in total. The lowest BCUT2D eigenvalue weighted by Crippen LogP contribution is -2.65. The smallest absolute Gasteiger partial charge is 0.220 e. The second-order valence-electron chi connectivity index (χ2n) is 11.6. The van der Waals surface area contributed by atoms with E-state index < -0.39 is 6.10 Å². The Kier molecular flexibility index (Phi) is 9.09. The second-order valence-corrected chi connectivity index (χ2v) is 11.6. The van der Waals surface area contributed by atoms with Crippen LogP contribution in [0.15, 0.2) is 67.3 Å². The molecule has 2 fully saturated rings. The van der Waals surface area contributed by atoms with E-state index in [1.807, 2.05) is 18.2 Å². The first kappa shape index (κ1) is 27.4. The number of aliphatic hydroxyl groups is 1. The van der Waals surface area contributed by atoms with E-state index >= 15 is 0 Å². The van der Waals surface area contributed by atoms with Crippen LogP contribution in [-0.4, -0.2) is 61.4 Å². The fourth-order valence-electron chi connectivity index (χ4n) is 6.85. The van der Waals surface area contributed by atoms with Gasteiger partial charge in [0.25, 0.3) is 0 Å². The van der Waals surface area contributed by atoms with Gasteiger partial charge in [-0.1, -0.05) is 55.5 Å². The number of nitrogens with one attached hydrogen (secondary N) is 1. The Morgan fingerprint density at radius 3 is 2.76 bits per heavy atom. The van der Waals surface area contributed by atoms with Crippen molar-refractivity contribution in [3.63, 3.8) is 0 Å². The third kappa shape index (κ3) is 6.63. The molecule has 2 aliphatic rings. The number of carbonyl (C=O) groups is 1.